The fourth-order valence-corrected chi connectivity index (χ4v) is 4.03. The van der Waals surface area contributed by atoms with Crippen LogP contribution in [0.5, 0.6) is 0 Å². The van der Waals surface area contributed by atoms with Gasteiger partial charge in [0.1, 0.15) is 5.65 Å². The van der Waals surface area contributed by atoms with Crippen molar-refractivity contribution >= 4 is 5.65 Å². The minimum absolute atomic E-state index is 0.0720. The molecule has 1 atom stereocenters. The number of pyridine rings is 2. The maximum absolute atomic E-state index is 12.4. The molecule has 0 spiro atoms. The number of hydrogen-bond donors (Lipinski definition) is 0. The van der Waals surface area contributed by atoms with E-state index >= 15 is 0 Å². The van der Waals surface area contributed by atoms with Crippen LogP contribution in [0.15, 0.2) is 72.0 Å². The molecule has 5 rings (SSSR count). The zero-order valence-electron chi connectivity index (χ0n) is 16.1. The zero-order valence-corrected chi connectivity index (χ0v) is 16.1. The molecule has 0 bridgehead atoms. The summed E-state index contributed by atoms with van der Waals surface area (Å²) in [5.41, 5.74) is 3.61. The second kappa shape index (κ2) is 7.60. The van der Waals surface area contributed by atoms with E-state index in [1.807, 2.05) is 40.9 Å². The Balaban J connectivity index is 1.36. The van der Waals surface area contributed by atoms with Crippen LogP contribution in [0.1, 0.15) is 18.5 Å². The normalized spacial score (nSPS) is 17.2. The SMILES string of the molecule is O=c1ccc(-c2cccnc2)nn1CC1CCCN1Cc1cn2ccccc2n1. The van der Waals surface area contributed by atoms with Gasteiger partial charge >= 0.3 is 0 Å². The highest BCUT2D eigenvalue weighted by Crippen LogP contribution is 2.21. The highest BCUT2D eigenvalue weighted by Gasteiger charge is 2.26. The quantitative estimate of drug-likeness (QED) is 0.527. The Kier molecular flexibility index (Phi) is 4.65. The number of hydrogen-bond acceptors (Lipinski definition) is 5. The van der Waals surface area contributed by atoms with Gasteiger partial charge in [-0.3, -0.25) is 14.7 Å². The average Bonchev–Trinajstić information content (AvgIpc) is 3.36. The van der Waals surface area contributed by atoms with Crippen LogP contribution in [-0.4, -0.2) is 41.6 Å². The van der Waals surface area contributed by atoms with E-state index in [0.29, 0.717) is 6.54 Å². The number of likely N-dealkylation sites (tertiary alicyclic amines) is 1. The Hall–Kier alpha value is -3.32. The maximum Gasteiger partial charge on any atom is 0.266 e. The molecule has 1 unspecified atom stereocenters. The van der Waals surface area contributed by atoms with Gasteiger partial charge < -0.3 is 4.40 Å². The number of fused-ring (bicyclic) bond motifs is 1. The molecule has 5 heterocycles. The molecule has 0 N–H and O–H groups in total. The van der Waals surface area contributed by atoms with Gasteiger partial charge in [0.2, 0.25) is 0 Å². The van der Waals surface area contributed by atoms with Crippen molar-refractivity contribution in [1.82, 2.24) is 29.0 Å². The van der Waals surface area contributed by atoms with E-state index in [9.17, 15) is 4.79 Å². The topological polar surface area (TPSA) is 68.3 Å². The summed E-state index contributed by atoms with van der Waals surface area (Å²) < 4.78 is 3.64. The van der Waals surface area contributed by atoms with Crippen molar-refractivity contribution in [2.75, 3.05) is 6.54 Å². The number of nitrogens with zero attached hydrogens (tertiary/aromatic N) is 6. The molecule has 1 saturated heterocycles. The summed E-state index contributed by atoms with van der Waals surface area (Å²) in [7, 11) is 0. The third-order valence-electron chi connectivity index (χ3n) is 5.49. The van der Waals surface area contributed by atoms with Crippen LogP contribution >= 0.6 is 0 Å². The van der Waals surface area contributed by atoms with Gasteiger partial charge in [-0.05, 0) is 49.7 Å². The van der Waals surface area contributed by atoms with Crippen molar-refractivity contribution in [2.45, 2.75) is 32.0 Å². The van der Waals surface area contributed by atoms with E-state index in [1.165, 1.54) is 0 Å². The Labute approximate surface area is 168 Å². The maximum atomic E-state index is 12.4. The number of rotatable bonds is 5. The smallest absolute Gasteiger partial charge is 0.266 e. The van der Waals surface area contributed by atoms with Crippen LogP contribution in [0.3, 0.4) is 0 Å². The fourth-order valence-electron chi connectivity index (χ4n) is 4.03. The monoisotopic (exact) mass is 386 g/mol. The van der Waals surface area contributed by atoms with Crippen LogP contribution in [0.4, 0.5) is 0 Å². The first-order valence-electron chi connectivity index (χ1n) is 9.91. The van der Waals surface area contributed by atoms with Gasteiger partial charge in [0.15, 0.2) is 0 Å². The lowest BCUT2D eigenvalue weighted by molar-refractivity contribution is 0.215. The lowest BCUT2D eigenvalue weighted by atomic mass is 10.2. The van der Waals surface area contributed by atoms with Gasteiger partial charge in [-0.2, -0.15) is 5.10 Å². The van der Waals surface area contributed by atoms with Gasteiger partial charge in [-0.1, -0.05) is 6.07 Å². The first kappa shape index (κ1) is 17.8. The molecule has 0 saturated carbocycles. The first-order chi connectivity index (χ1) is 14.3. The molecule has 146 valence electrons. The second-order valence-electron chi connectivity index (χ2n) is 7.45. The van der Waals surface area contributed by atoms with E-state index in [0.717, 1.165) is 48.5 Å². The van der Waals surface area contributed by atoms with E-state index in [4.69, 9.17) is 4.98 Å². The van der Waals surface area contributed by atoms with Gasteiger partial charge in [-0.15, -0.1) is 0 Å². The van der Waals surface area contributed by atoms with Gasteiger partial charge in [-0.25, -0.2) is 9.67 Å². The molecule has 1 fully saturated rings. The Bertz CT molecular complexity index is 1150. The summed E-state index contributed by atoms with van der Waals surface area (Å²) in [4.78, 5) is 23.7. The summed E-state index contributed by atoms with van der Waals surface area (Å²) in [6, 6.07) is 13.5. The highest BCUT2D eigenvalue weighted by molar-refractivity contribution is 5.56. The van der Waals surface area contributed by atoms with E-state index in [2.05, 4.69) is 21.2 Å². The molecule has 29 heavy (non-hydrogen) atoms. The summed E-state index contributed by atoms with van der Waals surface area (Å²) >= 11 is 0. The van der Waals surface area contributed by atoms with Crippen LogP contribution in [-0.2, 0) is 13.1 Å². The standard InChI is InChI=1S/C22H22N6O/c29-22-9-8-20(17-5-3-10-23-13-17)25-28(22)16-19-6-4-12-26(19)14-18-15-27-11-2-1-7-21(27)24-18/h1-3,5,7-11,13,15,19H,4,6,12,14,16H2. The number of imidazole rings is 1. The van der Waals surface area contributed by atoms with Gasteiger partial charge in [0.05, 0.1) is 17.9 Å². The van der Waals surface area contributed by atoms with Crippen molar-refractivity contribution in [3.8, 4) is 11.3 Å². The summed E-state index contributed by atoms with van der Waals surface area (Å²) in [5, 5.41) is 4.60. The predicted octanol–water partition coefficient (Wildman–Crippen LogP) is 2.62. The summed E-state index contributed by atoms with van der Waals surface area (Å²) in [6.07, 6.45) is 9.77. The third-order valence-corrected chi connectivity index (χ3v) is 5.49. The van der Waals surface area contributed by atoms with Crippen molar-refractivity contribution in [1.29, 1.82) is 0 Å². The van der Waals surface area contributed by atoms with Gasteiger partial charge in [0, 0.05) is 49.0 Å². The Morgan fingerprint density at radius 1 is 1.10 bits per heavy atom. The highest BCUT2D eigenvalue weighted by atomic mass is 16.1. The van der Waals surface area contributed by atoms with E-state index < -0.39 is 0 Å². The lowest BCUT2D eigenvalue weighted by Crippen LogP contribution is -2.36. The van der Waals surface area contributed by atoms with Crippen LogP contribution in [0, 0.1) is 0 Å². The van der Waals surface area contributed by atoms with Crippen molar-refractivity contribution in [2.24, 2.45) is 0 Å². The fraction of sp³-hybridized carbons (Fsp3) is 0.273. The summed E-state index contributed by atoms with van der Waals surface area (Å²) in [5.74, 6) is 0. The second-order valence-corrected chi connectivity index (χ2v) is 7.45. The van der Waals surface area contributed by atoms with Crippen LogP contribution < -0.4 is 5.56 Å². The molecule has 1 aliphatic heterocycles. The molecule has 7 heteroatoms. The van der Waals surface area contributed by atoms with Crippen molar-refractivity contribution < 1.29 is 0 Å². The van der Waals surface area contributed by atoms with Crippen molar-refractivity contribution in [3.05, 3.63) is 83.3 Å². The van der Waals surface area contributed by atoms with Crippen molar-refractivity contribution in [3.63, 3.8) is 0 Å². The van der Waals surface area contributed by atoms with Crippen LogP contribution in [0.25, 0.3) is 16.9 Å². The molecule has 0 radical (unpaired) electrons. The first-order valence-corrected chi connectivity index (χ1v) is 9.91. The molecule has 0 amide bonds. The summed E-state index contributed by atoms with van der Waals surface area (Å²) in [6.45, 7) is 2.37. The van der Waals surface area contributed by atoms with E-state index in [-0.39, 0.29) is 11.6 Å². The molecule has 0 aromatic carbocycles. The Morgan fingerprint density at radius 2 is 2.07 bits per heavy atom. The zero-order chi connectivity index (χ0) is 19.6. The molecule has 4 aromatic heterocycles. The molecular formula is C22H22N6O. The molecular weight excluding hydrogens is 364 g/mol. The lowest BCUT2D eigenvalue weighted by Gasteiger charge is -2.23. The molecule has 1 aliphatic rings. The molecule has 7 nitrogen and oxygen atoms in total. The third kappa shape index (κ3) is 3.69. The minimum atomic E-state index is -0.0720. The van der Waals surface area contributed by atoms with Crippen LogP contribution in [0.2, 0.25) is 0 Å². The number of aromatic nitrogens is 5. The molecule has 4 aromatic rings. The molecule has 0 aliphatic carbocycles. The largest absolute Gasteiger partial charge is 0.307 e. The predicted molar refractivity (Wildman–Crippen MR) is 110 cm³/mol. The minimum Gasteiger partial charge on any atom is -0.307 e. The average molecular weight is 386 g/mol. The van der Waals surface area contributed by atoms with E-state index in [1.54, 1.807) is 29.2 Å². The Morgan fingerprint density at radius 3 is 2.93 bits per heavy atom. The van der Waals surface area contributed by atoms with Gasteiger partial charge in [0.25, 0.3) is 5.56 Å².